The molecule has 0 radical (unpaired) electrons. The summed E-state index contributed by atoms with van der Waals surface area (Å²) in [5.41, 5.74) is 1.04. The number of aliphatic imine (C=N–C) groups is 1. The number of carbonyl (C=O) groups is 1. The highest BCUT2D eigenvalue weighted by molar-refractivity contribution is 14.0. The first-order valence-electron chi connectivity index (χ1n) is 9.86. The number of halogens is 1. The molecule has 1 saturated carbocycles. The van der Waals surface area contributed by atoms with E-state index in [2.05, 4.69) is 20.9 Å². The molecule has 162 valence electrons. The molecule has 0 spiro atoms. The zero-order valence-electron chi connectivity index (χ0n) is 17.1. The van der Waals surface area contributed by atoms with Gasteiger partial charge in [0.2, 0.25) is 0 Å². The van der Waals surface area contributed by atoms with Crippen molar-refractivity contribution in [1.29, 1.82) is 0 Å². The van der Waals surface area contributed by atoms with E-state index >= 15 is 0 Å². The van der Waals surface area contributed by atoms with Crippen molar-refractivity contribution >= 4 is 35.8 Å². The van der Waals surface area contributed by atoms with Crippen LogP contribution < -0.4 is 25.4 Å². The molecule has 2 aromatic rings. The van der Waals surface area contributed by atoms with E-state index in [-0.39, 0.29) is 36.5 Å². The third-order valence-electron chi connectivity index (χ3n) is 4.30. The highest BCUT2D eigenvalue weighted by Gasteiger charge is 2.23. The molecule has 7 nitrogen and oxygen atoms in total. The molecule has 0 aromatic heterocycles. The summed E-state index contributed by atoms with van der Waals surface area (Å²) in [6.45, 7) is 1.80. The van der Waals surface area contributed by atoms with Crippen molar-refractivity contribution in [3.63, 3.8) is 0 Å². The smallest absolute Gasteiger partial charge is 0.258 e. The Morgan fingerprint density at radius 2 is 1.80 bits per heavy atom. The maximum atomic E-state index is 11.7. The van der Waals surface area contributed by atoms with Gasteiger partial charge in [0.1, 0.15) is 18.1 Å². The van der Waals surface area contributed by atoms with E-state index in [1.54, 1.807) is 7.05 Å². The van der Waals surface area contributed by atoms with Gasteiger partial charge in [-0.25, -0.2) is 0 Å². The van der Waals surface area contributed by atoms with Gasteiger partial charge < -0.3 is 25.4 Å². The molecule has 1 aliphatic carbocycles. The Balaban J connectivity index is 0.00000320. The first-order valence-corrected chi connectivity index (χ1v) is 9.86. The number of carbonyl (C=O) groups excluding carboxylic acids is 1. The zero-order chi connectivity index (χ0) is 20.3. The van der Waals surface area contributed by atoms with Gasteiger partial charge in [-0.2, -0.15) is 0 Å². The first kappa shape index (κ1) is 23.8. The molecule has 0 heterocycles. The molecule has 1 aliphatic rings. The maximum Gasteiger partial charge on any atom is 0.258 e. The third-order valence-corrected chi connectivity index (χ3v) is 4.30. The zero-order valence-corrected chi connectivity index (χ0v) is 19.4. The van der Waals surface area contributed by atoms with Gasteiger partial charge in [-0.1, -0.05) is 30.3 Å². The number of amides is 1. The fourth-order valence-corrected chi connectivity index (χ4v) is 2.65. The van der Waals surface area contributed by atoms with Crippen LogP contribution in [0.25, 0.3) is 0 Å². The average molecular weight is 524 g/mol. The summed E-state index contributed by atoms with van der Waals surface area (Å²) < 4.78 is 11.2. The first-order chi connectivity index (χ1) is 14.2. The Bertz CT molecular complexity index is 813. The van der Waals surface area contributed by atoms with Gasteiger partial charge in [-0.3, -0.25) is 9.79 Å². The SMILES string of the molecule is CN=C(NCCOc1ccccc1)NCc1cccc(OCC(=O)NC2CC2)c1.I. The van der Waals surface area contributed by atoms with Crippen LogP contribution >= 0.6 is 24.0 Å². The second-order valence-corrected chi connectivity index (χ2v) is 6.79. The van der Waals surface area contributed by atoms with Crippen molar-refractivity contribution in [2.75, 3.05) is 26.8 Å². The summed E-state index contributed by atoms with van der Waals surface area (Å²) >= 11 is 0. The molecule has 30 heavy (non-hydrogen) atoms. The lowest BCUT2D eigenvalue weighted by Gasteiger charge is -2.13. The Labute approximate surface area is 194 Å². The Kier molecular flexibility index (Phi) is 10.3. The fourth-order valence-electron chi connectivity index (χ4n) is 2.65. The number of ether oxygens (including phenoxy) is 2. The molecule has 2 aromatic carbocycles. The predicted octanol–water partition coefficient (Wildman–Crippen LogP) is 2.71. The molecule has 0 unspecified atom stereocenters. The van der Waals surface area contributed by atoms with Gasteiger partial charge in [0.15, 0.2) is 12.6 Å². The minimum absolute atomic E-state index is 0. The van der Waals surface area contributed by atoms with Gasteiger partial charge in [0.05, 0.1) is 6.54 Å². The number of benzene rings is 2. The van der Waals surface area contributed by atoms with Crippen LogP contribution in [0.4, 0.5) is 0 Å². The highest BCUT2D eigenvalue weighted by atomic mass is 127. The monoisotopic (exact) mass is 524 g/mol. The standard InChI is InChI=1S/C22H28N4O3.HI/c1-23-22(24-12-13-28-19-7-3-2-4-8-19)25-15-17-6-5-9-20(14-17)29-16-21(27)26-18-10-11-18;/h2-9,14,18H,10-13,15-16H2,1H3,(H,26,27)(H2,23,24,25);1H. The molecule has 3 N–H and O–H groups in total. The van der Waals surface area contributed by atoms with E-state index in [1.165, 1.54) is 0 Å². The Hall–Kier alpha value is -2.49. The molecular weight excluding hydrogens is 495 g/mol. The normalized spacial score (nSPS) is 13.0. The lowest BCUT2D eigenvalue weighted by atomic mass is 10.2. The maximum absolute atomic E-state index is 11.7. The summed E-state index contributed by atoms with van der Waals surface area (Å²) in [6.07, 6.45) is 2.14. The lowest BCUT2D eigenvalue weighted by molar-refractivity contribution is -0.123. The minimum Gasteiger partial charge on any atom is -0.492 e. The van der Waals surface area contributed by atoms with Crippen molar-refractivity contribution in [1.82, 2.24) is 16.0 Å². The van der Waals surface area contributed by atoms with Gasteiger partial charge in [-0.15, -0.1) is 24.0 Å². The number of guanidine groups is 1. The van der Waals surface area contributed by atoms with Crippen LogP contribution in [0.3, 0.4) is 0 Å². The molecule has 1 amide bonds. The molecule has 1 fully saturated rings. The quantitative estimate of drug-likeness (QED) is 0.193. The molecule has 3 rings (SSSR count). The van der Waals surface area contributed by atoms with Crippen LogP contribution in [-0.4, -0.2) is 44.7 Å². The summed E-state index contributed by atoms with van der Waals surface area (Å²) in [5, 5.41) is 9.39. The van der Waals surface area contributed by atoms with Crippen molar-refractivity contribution in [3.05, 3.63) is 60.2 Å². The third kappa shape index (κ3) is 8.89. The van der Waals surface area contributed by atoms with E-state index in [0.29, 0.717) is 37.4 Å². The number of para-hydroxylation sites is 1. The van der Waals surface area contributed by atoms with Crippen LogP contribution in [-0.2, 0) is 11.3 Å². The molecule has 0 bridgehead atoms. The van der Waals surface area contributed by atoms with Crippen LogP contribution in [0.5, 0.6) is 11.5 Å². The van der Waals surface area contributed by atoms with Gasteiger partial charge >= 0.3 is 0 Å². The van der Waals surface area contributed by atoms with E-state index in [9.17, 15) is 4.79 Å². The molecular formula is C22H29IN4O3. The van der Waals surface area contributed by atoms with E-state index < -0.39 is 0 Å². The van der Waals surface area contributed by atoms with Crippen molar-refractivity contribution in [2.45, 2.75) is 25.4 Å². The summed E-state index contributed by atoms with van der Waals surface area (Å²) in [4.78, 5) is 16.0. The lowest BCUT2D eigenvalue weighted by Crippen LogP contribution is -2.38. The van der Waals surface area contributed by atoms with Crippen LogP contribution in [0.2, 0.25) is 0 Å². The van der Waals surface area contributed by atoms with E-state index in [4.69, 9.17) is 9.47 Å². The molecule has 0 atom stereocenters. The van der Waals surface area contributed by atoms with Crippen molar-refractivity contribution in [2.24, 2.45) is 4.99 Å². The van der Waals surface area contributed by atoms with Crippen LogP contribution in [0.1, 0.15) is 18.4 Å². The van der Waals surface area contributed by atoms with Crippen molar-refractivity contribution < 1.29 is 14.3 Å². The minimum atomic E-state index is -0.0710. The second kappa shape index (κ2) is 12.9. The Morgan fingerprint density at radius 3 is 2.53 bits per heavy atom. The number of hydrogen-bond donors (Lipinski definition) is 3. The van der Waals surface area contributed by atoms with Crippen LogP contribution in [0, 0.1) is 0 Å². The van der Waals surface area contributed by atoms with E-state index in [0.717, 1.165) is 24.2 Å². The predicted molar refractivity (Wildman–Crippen MR) is 129 cm³/mol. The van der Waals surface area contributed by atoms with Gasteiger partial charge in [0.25, 0.3) is 5.91 Å². The van der Waals surface area contributed by atoms with Gasteiger partial charge in [0, 0.05) is 19.6 Å². The largest absolute Gasteiger partial charge is 0.492 e. The fraction of sp³-hybridized carbons (Fsp3) is 0.364. The molecule has 0 saturated heterocycles. The number of nitrogens with one attached hydrogen (secondary N) is 3. The van der Waals surface area contributed by atoms with E-state index in [1.807, 2.05) is 54.6 Å². The Morgan fingerprint density at radius 1 is 1.03 bits per heavy atom. The highest BCUT2D eigenvalue weighted by Crippen LogP contribution is 2.18. The van der Waals surface area contributed by atoms with Crippen molar-refractivity contribution in [3.8, 4) is 11.5 Å². The number of rotatable bonds is 10. The summed E-state index contributed by atoms with van der Waals surface area (Å²) in [5.74, 6) is 2.14. The van der Waals surface area contributed by atoms with Gasteiger partial charge in [-0.05, 0) is 42.7 Å². The number of nitrogens with zero attached hydrogens (tertiary/aromatic N) is 1. The number of hydrogen-bond acceptors (Lipinski definition) is 4. The summed E-state index contributed by atoms with van der Waals surface area (Å²) in [7, 11) is 1.73. The topological polar surface area (TPSA) is 84.0 Å². The summed E-state index contributed by atoms with van der Waals surface area (Å²) in [6, 6.07) is 17.7. The molecule has 0 aliphatic heterocycles. The molecule has 8 heteroatoms. The van der Waals surface area contributed by atoms with Crippen LogP contribution in [0.15, 0.2) is 59.6 Å². The second-order valence-electron chi connectivity index (χ2n) is 6.79. The average Bonchev–Trinajstić information content (AvgIpc) is 3.57.